The van der Waals surface area contributed by atoms with Crippen molar-refractivity contribution in [3.63, 3.8) is 0 Å². The molecule has 0 saturated heterocycles. The van der Waals surface area contributed by atoms with Crippen molar-refractivity contribution in [2.75, 3.05) is 5.32 Å². The molecule has 6 heteroatoms. The van der Waals surface area contributed by atoms with E-state index in [2.05, 4.69) is 10.6 Å². The number of carboxylic acid groups (broad SMARTS) is 1. The van der Waals surface area contributed by atoms with Crippen molar-refractivity contribution in [2.24, 2.45) is 0 Å². The maximum atomic E-state index is 11.4. The van der Waals surface area contributed by atoms with Crippen LogP contribution in [0.25, 0.3) is 0 Å². The first-order valence-electron chi connectivity index (χ1n) is 4.96. The minimum atomic E-state index is -1.09. The monoisotopic (exact) mass is 256 g/mol. The summed E-state index contributed by atoms with van der Waals surface area (Å²) in [6.45, 7) is 3.18. The van der Waals surface area contributed by atoms with Gasteiger partial charge in [-0.25, -0.2) is 4.79 Å². The molecule has 1 atom stereocenters. The van der Waals surface area contributed by atoms with Gasteiger partial charge in [0, 0.05) is 10.7 Å². The SMILES string of the molecule is Cc1cc(Cl)ccc1NC(=O)N[C@@H](C)C(=O)O. The number of benzene rings is 1. The van der Waals surface area contributed by atoms with Crippen LogP contribution in [0.5, 0.6) is 0 Å². The second-order valence-electron chi connectivity index (χ2n) is 3.62. The van der Waals surface area contributed by atoms with Crippen molar-refractivity contribution >= 4 is 29.3 Å². The van der Waals surface area contributed by atoms with Crippen LogP contribution in [0.4, 0.5) is 10.5 Å². The van der Waals surface area contributed by atoms with Crippen LogP contribution >= 0.6 is 11.6 Å². The fraction of sp³-hybridized carbons (Fsp3) is 0.273. The van der Waals surface area contributed by atoms with E-state index >= 15 is 0 Å². The number of amides is 2. The predicted octanol–water partition coefficient (Wildman–Crippen LogP) is 2.24. The number of halogens is 1. The molecule has 5 nitrogen and oxygen atoms in total. The van der Waals surface area contributed by atoms with Gasteiger partial charge >= 0.3 is 12.0 Å². The predicted molar refractivity (Wildman–Crippen MR) is 65.4 cm³/mol. The lowest BCUT2D eigenvalue weighted by Gasteiger charge is -2.12. The summed E-state index contributed by atoms with van der Waals surface area (Å²) >= 11 is 5.77. The lowest BCUT2D eigenvalue weighted by Crippen LogP contribution is -2.40. The van der Waals surface area contributed by atoms with Gasteiger partial charge in [-0.1, -0.05) is 11.6 Å². The van der Waals surface area contributed by atoms with E-state index in [1.807, 2.05) is 0 Å². The number of aliphatic carboxylic acids is 1. The van der Waals surface area contributed by atoms with Crippen LogP contribution in [-0.2, 0) is 4.79 Å². The molecule has 0 aliphatic heterocycles. The van der Waals surface area contributed by atoms with Gasteiger partial charge in [-0.3, -0.25) is 4.79 Å². The third kappa shape index (κ3) is 3.96. The number of carbonyl (C=O) groups excluding carboxylic acids is 1. The molecule has 0 fully saturated rings. The molecule has 3 N–H and O–H groups in total. The number of anilines is 1. The van der Waals surface area contributed by atoms with Gasteiger partial charge in [0.1, 0.15) is 6.04 Å². The lowest BCUT2D eigenvalue weighted by atomic mass is 10.2. The van der Waals surface area contributed by atoms with E-state index in [0.717, 1.165) is 5.56 Å². The zero-order chi connectivity index (χ0) is 13.0. The smallest absolute Gasteiger partial charge is 0.325 e. The average Bonchev–Trinajstić information content (AvgIpc) is 2.22. The number of nitrogens with one attached hydrogen (secondary N) is 2. The number of hydrogen-bond acceptors (Lipinski definition) is 2. The second kappa shape index (κ2) is 5.54. The first-order chi connectivity index (χ1) is 7.90. The Morgan fingerprint density at radius 3 is 2.59 bits per heavy atom. The van der Waals surface area contributed by atoms with Crippen LogP contribution in [0, 0.1) is 6.92 Å². The largest absolute Gasteiger partial charge is 0.480 e. The normalized spacial score (nSPS) is 11.7. The first kappa shape index (κ1) is 13.3. The van der Waals surface area contributed by atoms with Crippen LogP contribution in [0.15, 0.2) is 18.2 Å². The van der Waals surface area contributed by atoms with E-state index in [9.17, 15) is 9.59 Å². The van der Waals surface area contributed by atoms with Crippen LogP contribution in [0.3, 0.4) is 0 Å². The Hall–Kier alpha value is -1.75. The topological polar surface area (TPSA) is 78.4 Å². The van der Waals surface area contributed by atoms with Gasteiger partial charge < -0.3 is 15.7 Å². The van der Waals surface area contributed by atoms with Crippen molar-refractivity contribution < 1.29 is 14.7 Å². The molecule has 0 aliphatic carbocycles. The fourth-order valence-corrected chi connectivity index (χ4v) is 1.41. The van der Waals surface area contributed by atoms with Crippen molar-refractivity contribution in [3.05, 3.63) is 28.8 Å². The number of rotatable bonds is 3. The molecule has 0 bridgehead atoms. The molecule has 0 unspecified atom stereocenters. The van der Waals surface area contributed by atoms with Crippen molar-refractivity contribution in [1.82, 2.24) is 5.32 Å². The first-order valence-corrected chi connectivity index (χ1v) is 5.34. The Labute approximate surface area is 104 Å². The molecule has 0 aliphatic rings. The number of aryl methyl sites for hydroxylation is 1. The lowest BCUT2D eigenvalue weighted by molar-refractivity contribution is -0.138. The molecule has 1 aromatic carbocycles. The third-order valence-electron chi connectivity index (χ3n) is 2.15. The summed E-state index contributed by atoms with van der Waals surface area (Å²) in [5.74, 6) is -1.09. The van der Waals surface area contributed by atoms with Crippen LogP contribution in [0.1, 0.15) is 12.5 Å². The van der Waals surface area contributed by atoms with Crippen LogP contribution < -0.4 is 10.6 Å². The molecule has 0 radical (unpaired) electrons. The Kier molecular flexibility index (Phi) is 4.34. The summed E-state index contributed by atoms with van der Waals surface area (Å²) < 4.78 is 0. The Balaban J connectivity index is 2.65. The zero-order valence-electron chi connectivity index (χ0n) is 9.45. The van der Waals surface area contributed by atoms with Gasteiger partial charge in [0.2, 0.25) is 0 Å². The summed E-state index contributed by atoms with van der Waals surface area (Å²) in [7, 11) is 0. The molecule has 0 heterocycles. The van der Waals surface area contributed by atoms with Gasteiger partial charge in [-0.05, 0) is 37.6 Å². The maximum absolute atomic E-state index is 11.4. The molecular weight excluding hydrogens is 244 g/mol. The molecule has 17 heavy (non-hydrogen) atoms. The van der Waals surface area contributed by atoms with Gasteiger partial charge in [0.25, 0.3) is 0 Å². The highest BCUT2D eigenvalue weighted by Crippen LogP contribution is 2.19. The van der Waals surface area contributed by atoms with E-state index in [-0.39, 0.29) is 0 Å². The Bertz CT molecular complexity index is 448. The third-order valence-corrected chi connectivity index (χ3v) is 2.39. The highest BCUT2D eigenvalue weighted by Gasteiger charge is 2.14. The molecule has 1 rings (SSSR count). The maximum Gasteiger partial charge on any atom is 0.325 e. The van der Waals surface area contributed by atoms with Crippen LogP contribution in [-0.4, -0.2) is 23.1 Å². The van der Waals surface area contributed by atoms with Crippen LogP contribution in [0.2, 0.25) is 5.02 Å². The molecule has 0 aromatic heterocycles. The summed E-state index contributed by atoms with van der Waals surface area (Å²) in [6, 6.07) is 3.50. The number of urea groups is 1. The zero-order valence-corrected chi connectivity index (χ0v) is 10.2. The summed E-state index contributed by atoms with van der Waals surface area (Å²) in [6.07, 6.45) is 0. The fourth-order valence-electron chi connectivity index (χ4n) is 1.18. The van der Waals surface area contributed by atoms with Gasteiger partial charge in [-0.2, -0.15) is 0 Å². The van der Waals surface area contributed by atoms with Crippen molar-refractivity contribution in [3.8, 4) is 0 Å². The van der Waals surface area contributed by atoms with E-state index in [4.69, 9.17) is 16.7 Å². The van der Waals surface area contributed by atoms with E-state index in [1.54, 1.807) is 25.1 Å². The van der Waals surface area contributed by atoms with Crippen molar-refractivity contribution in [1.29, 1.82) is 0 Å². The van der Waals surface area contributed by atoms with Gasteiger partial charge in [0.05, 0.1) is 0 Å². The van der Waals surface area contributed by atoms with Crippen molar-refractivity contribution in [2.45, 2.75) is 19.9 Å². The quantitative estimate of drug-likeness (QED) is 0.776. The molecule has 1 aromatic rings. The summed E-state index contributed by atoms with van der Waals surface area (Å²) in [5, 5.41) is 14.0. The van der Waals surface area contributed by atoms with E-state index < -0.39 is 18.0 Å². The molecule has 2 amide bonds. The minimum absolute atomic E-state index is 0.565. The Morgan fingerprint density at radius 2 is 2.06 bits per heavy atom. The molecule has 92 valence electrons. The molecule has 0 saturated carbocycles. The highest BCUT2D eigenvalue weighted by molar-refractivity contribution is 6.30. The van der Waals surface area contributed by atoms with Gasteiger partial charge in [0.15, 0.2) is 0 Å². The number of carboxylic acids is 1. The summed E-state index contributed by atoms with van der Waals surface area (Å²) in [5.41, 5.74) is 1.39. The minimum Gasteiger partial charge on any atom is -0.480 e. The van der Waals surface area contributed by atoms with E-state index in [1.165, 1.54) is 6.92 Å². The van der Waals surface area contributed by atoms with Gasteiger partial charge in [-0.15, -0.1) is 0 Å². The second-order valence-corrected chi connectivity index (χ2v) is 4.05. The standard InChI is InChI=1S/C11H13ClN2O3/c1-6-5-8(12)3-4-9(6)14-11(17)13-7(2)10(15)16/h3-5,7H,1-2H3,(H,15,16)(H2,13,14,17)/t7-/m0/s1. The summed E-state index contributed by atoms with van der Waals surface area (Å²) in [4.78, 5) is 22.0. The Morgan fingerprint density at radius 1 is 1.41 bits per heavy atom. The average molecular weight is 257 g/mol. The number of carbonyl (C=O) groups is 2. The van der Waals surface area contributed by atoms with E-state index in [0.29, 0.717) is 10.7 Å². The molecule has 0 spiro atoms. The number of hydrogen-bond donors (Lipinski definition) is 3. The molecular formula is C11H13ClN2O3. The highest BCUT2D eigenvalue weighted by atomic mass is 35.5.